The van der Waals surface area contributed by atoms with Crippen molar-refractivity contribution in [3.8, 4) is 0 Å². The summed E-state index contributed by atoms with van der Waals surface area (Å²) in [5.41, 5.74) is 2.72. The molecule has 0 amide bonds. The highest BCUT2D eigenvalue weighted by Gasteiger charge is 2.34. The summed E-state index contributed by atoms with van der Waals surface area (Å²) >= 11 is 0. The highest BCUT2D eigenvalue weighted by Crippen LogP contribution is 2.21. The topological polar surface area (TPSA) is 27.5 Å². The summed E-state index contributed by atoms with van der Waals surface area (Å²) in [4.78, 5) is 7.85. The van der Waals surface area contributed by atoms with Gasteiger partial charge in [-0.1, -0.05) is 0 Å². The summed E-state index contributed by atoms with van der Waals surface area (Å²) in [5, 5.41) is 4.73. The van der Waals surface area contributed by atoms with Crippen LogP contribution >= 0.6 is 0 Å². The van der Waals surface area contributed by atoms with Crippen molar-refractivity contribution in [1.82, 2.24) is 24.5 Å². The van der Waals surface area contributed by atoms with Gasteiger partial charge in [0.25, 0.3) is 0 Å². The molecule has 1 aromatic rings. The van der Waals surface area contributed by atoms with E-state index in [0.29, 0.717) is 6.04 Å². The van der Waals surface area contributed by atoms with Crippen LogP contribution in [-0.2, 0) is 19.5 Å². The van der Waals surface area contributed by atoms with Gasteiger partial charge in [-0.2, -0.15) is 5.10 Å². The average Bonchev–Trinajstić information content (AvgIpc) is 3.03. The predicted octanol–water partition coefficient (Wildman–Crippen LogP) is 1.04. The molecule has 5 nitrogen and oxygen atoms in total. The number of likely N-dealkylation sites (tertiary alicyclic amines) is 1. The van der Waals surface area contributed by atoms with Crippen LogP contribution in [0.2, 0.25) is 0 Å². The Balaban J connectivity index is 1.23. The van der Waals surface area contributed by atoms with E-state index < -0.39 is 0 Å². The standard InChI is InChI=1S/C17H29N5/c1-14(2)20-6-8-21(9-7-20)17-12-19(13-17)11-15-10-16-4-3-5-22(16)18-15/h10,14,17H,3-9,11-13H2,1-2H3. The van der Waals surface area contributed by atoms with Crippen LogP contribution in [0, 0.1) is 0 Å². The first-order valence-corrected chi connectivity index (χ1v) is 8.95. The fourth-order valence-electron chi connectivity index (χ4n) is 4.15. The Kier molecular flexibility index (Phi) is 3.96. The van der Waals surface area contributed by atoms with Gasteiger partial charge in [-0.15, -0.1) is 0 Å². The minimum Gasteiger partial charge on any atom is -0.298 e. The first-order valence-electron chi connectivity index (χ1n) is 8.95. The molecule has 0 radical (unpaired) electrons. The van der Waals surface area contributed by atoms with E-state index in [1.54, 1.807) is 0 Å². The van der Waals surface area contributed by atoms with Crippen LogP contribution < -0.4 is 0 Å². The lowest BCUT2D eigenvalue weighted by Gasteiger charge is -2.48. The lowest BCUT2D eigenvalue weighted by atomic mass is 10.1. The van der Waals surface area contributed by atoms with Gasteiger partial charge in [-0.3, -0.25) is 19.4 Å². The van der Waals surface area contributed by atoms with E-state index in [-0.39, 0.29) is 0 Å². The van der Waals surface area contributed by atoms with Gasteiger partial charge in [0.1, 0.15) is 0 Å². The normalized spacial score (nSPS) is 24.9. The number of fused-ring (bicyclic) bond motifs is 1. The molecule has 1 aromatic heterocycles. The fourth-order valence-corrected chi connectivity index (χ4v) is 4.15. The molecule has 0 aliphatic carbocycles. The summed E-state index contributed by atoms with van der Waals surface area (Å²) in [7, 11) is 0. The summed E-state index contributed by atoms with van der Waals surface area (Å²) < 4.78 is 2.21. The van der Waals surface area contributed by atoms with Crippen molar-refractivity contribution in [3.63, 3.8) is 0 Å². The molecule has 0 bridgehead atoms. The van der Waals surface area contributed by atoms with E-state index in [0.717, 1.165) is 19.1 Å². The molecule has 0 aromatic carbocycles. The first-order chi connectivity index (χ1) is 10.7. The van der Waals surface area contributed by atoms with Crippen LogP contribution in [0.1, 0.15) is 31.7 Å². The lowest BCUT2D eigenvalue weighted by Crippen LogP contribution is -2.63. The monoisotopic (exact) mass is 303 g/mol. The molecule has 0 saturated carbocycles. The Labute approximate surface area is 133 Å². The Morgan fingerprint density at radius 3 is 2.59 bits per heavy atom. The third-order valence-electron chi connectivity index (χ3n) is 5.64. The molecule has 5 heteroatoms. The summed E-state index contributed by atoms with van der Waals surface area (Å²) in [5.74, 6) is 0. The molecule has 3 aliphatic heterocycles. The largest absolute Gasteiger partial charge is 0.298 e. The van der Waals surface area contributed by atoms with E-state index >= 15 is 0 Å². The lowest BCUT2D eigenvalue weighted by molar-refractivity contribution is -0.00468. The van der Waals surface area contributed by atoms with E-state index in [9.17, 15) is 0 Å². The maximum absolute atomic E-state index is 4.73. The van der Waals surface area contributed by atoms with Crippen LogP contribution in [0.5, 0.6) is 0 Å². The Bertz CT molecular complexity index is 488. The second kappa shape index (κ2) is 5.95. The molecule has 4 heterocycles. The maximum Gasteiger partial charge on any atom is 0.0767 e. The van der Waals surface area contributed by atoms with Crippen molar-refractivity contribution in [2.24, 2.45) is 0 Å². The van der Waals surface area contributed by atoms with Crippen molar-refractivity contribution in [2.45, 2.75) is 51.9 Å². The number of rotatable bonds is 4. The molecule has 22 heavy (non-hydrogen) atoms. The molecule has 3 aliphatic rings. The fraction of sp³-hybridized carbons (Fsp3) is 0.824. The Morgan fingerprint density at radius 2 is 1.91 bits per heavy atom. The summed E-state index contributed by atoms with van der Waals surface area (Å²) in [6.45, 7) is 14.2. The SMILES string of the molecule is CC(C)N1CCN(C2CN(Cc3cc4n(n3)CCC4)C2)CC1. The Hall–Kier alpha value is -0.910. The Morgan fingerprint density at radius 1 is 1.14 bits per heavy atom. The number of nitrogens with zero attached hydrogens (tertiary/aromatic N) is 5. The van der Waals surface area contributed by atoms with Gasteiger partial charge in [0.15, 0.2) is 0 Å². The second-order valence-corrected chi connectivity index (χ2v) is 7.47. The molecule has 4 rings (SSSR count). The van der Waals surface area contributed by atoms with Crippen LogP contribution in [0.4, 0.5) is 0 Å². The number of hydrogen-bond donors (Lipinski definition) is 0. The predicted molar refractivity (Wildman–Crippen MR) is 87.9 cm³/mol. The molecular formula is C17H29N5. The maximum atomic E-state index is 4.73. The molecule has 2 fully saturated rings. The zero-order chi connectivity index (χ0) is 15.1. The van der Waals surface area contributed by atoms with Gasteiger partial charge >= 0.3 is 0 Å². The number of hydrogen-bond acceptors (Lipinski definition) is 4. The van der Waals surface area contributed by atoms with E-state index in [1.807, 2.05) is 0 Å². The molecule has 2 saturated heterocycles. The molecule has 0 N–H and O–H groups in total. The summed E-state index contributed by atoms with van der Waals surface area (Å²) in [6, 6.07) is 3.80. The third kappa shape index (κ3) is 2.82. The minimum atomic E-state index is 0.697. The van der Waals surface area contributed by atoms with Gasteiger partial charge in [-0.05, 0) is 32.8 Å². The zero-order valence-corrected chi connectivity index (χ0v) is 14.0. The van der Waals surface area contributed by atoms with E-state index in [4.69, 9.17) is 5.10 Å². The zero-order valence-electron chi connectivity index (χ0n) is 14.0. The first kappa shape index (κ1) is 14.7. The van der Waals surface area contributed by atoms with Gasteiger partial charge in [0.05, 0.1) is 5.69 Å². The quantitative estimate of drug-likeness (QED) is 0.831. The molecule has 0 atom stereocenters. The average molecular weight is 303 g/mol. The number of aryl methyl sites for hydroxylation is 2. The van der Waals surface area contributed by atoms with Gasteiger partial charge in [0, 0.05) is 70.1 Å². The molecular weight excluding hydrogens is 274 g/mol. The van der Waals surface area contributed by atoms with Crippen LogP contribution in [0.25, 0.3) is 0 Å². The van der Waals surface area contributed by atoms with Crippen LogP contribution in [0.15, 0.2) is 6.07 Å². The van der Waals surface area contributed by atoms with Gasteiger partial charge in [-0.25, -0.2) is 0 Å². The molecule has 0 spiro atoms. The molecule has 122 valence electrons. The highest BCUT2D eigenvalue weighted by atomic mass is 15.4. The van der Waals surface area contributed by atoms with Crippen LogP contribution in [-0.4, -0.2) is 75.8 Å². The smallest absolute Gasteiger partial charge is 0.0767 e. The van der Waals surface area contributed by atoms with Crippen LogP contribution in [0.3, 0.4) is 0 Å². The minimum absolute atomic E-state index is 0.697. The third-order valence-corrected chi connectivity index (χ3v) is 5.64. The van der Waals surface area contributed by atoms with Crippen molar-refractivity contribution in [1.29, 1.82) is 0 Å². The van der Waals surface area contributed by atoms with E-state index in [1.165, 1.54) is 63.5 Å². The molecule has 0 unspecified atom stereocenters. The van der Waals surface area contributed by atoms with E-state index in [2.05, 4.69) is 39.3 Å². The summed E-state index contributed by atoms with van der Waals surface area (Å²) in [6.07, 6.45) is 2.49. The van der Waals surface area contributed by atoms with Gasteiger partial charge in [0.2, 0.25) is 0 Å². The second-order valence-electron chi connectivity index (χ2n) is 7.47. The number of piperazine rings is 1. The highest BCUT2D eigenvalue weighted by molar-refractivity contribution is 5.13. The van der Waals surface area contributed by atoms with Gasteiger partial charge < -0.3 is 0 Å². The number of aromatic nitrogens is 2. The van der Waals surface area contributed by atoms with Crippen molar-refractivity contribution >= 4 is 0 Å². The van der Waals surface area contributed by atoms with Crippen molar-refractivity contribution in [2.75, 3.05) is 39.3 Å². The van der Waals surface area contributed by atoms with Crippen molar-refractivity contribution in [3.05, 3.63) is 17.5 Å². The van der Waals surface area contributed by atoms with Crippen molar-refractivity contribution < 1.29 is 0 Å².